The lowest BCUT2D eigenvalue weighted by Crippen LogP contribution is -2.12. The van der Waals surface area contributed by atoms with Gasteiger partial charge in [-0.1, -0.05) is 12.1 Å². The van der Waals surface area contributed by atoms with E-state index in [9.17, 15) is 0 Å². The molecule has 0 radical (unpaired) electrons. The van der Waals surface area contributed by atoms with Crippen LogP contribution in [0.5, 0.6) is 5.75 Å². The Kier molecular flexibility index (Phi) is 4.14. The Labute approximate surface area is 90.7 Å². The summed E-state index contributed by atoms with van der Waals surface area (Å²) in [4.78, 5) is 0. The van der Waals surface area contributed by atoms with Gasteiger partial charge in [0.1, 0.15) is 11.8 Å². The van der Waals surface area contributed by atoms with E-state index in [2.05, 4.69) is 18.3 Å². The summed E-state index contributed by atoms with van der Waals surface area (Å²) < 4.78 is 5.27. The fourth-order valence-electron chi connectivity index (χ4n) is 1.38. The summed E-state index contributed by atoms with van der Waals surface area (Å²) in [6.07, 6.45) is 0. The molecule has 0 saturated heterocycles. The van der Waals surface area contributed by atoms with Crippen LogP contribution in [0.1, 0.15) is 24.1 Å². The van der Waals surface area contributed by atoms with Crippen LogP contribution in [0.25, 0.3) is 0 Å². The van der Waals surface area contributed by atoms with Crippen molar-refractivity contribution in [3.05, 3.63) is 29.3 Å². The van der Waals surface area contributed by atoms with Crippen LogP contribution in [0.4, 0.5) is 0 Å². The highest BCUT2D eigenvalue weighted by Gasteiger charge is 2.05. The van der Waals surface area contributed by atoms with E-state index in [4.69, 9.17) is 10.00 Å². The number of rotatable bonds is 4. The monoisotopic (exact) mass is 204 g/mol. The third kappa shape index (κ3) is 2.97. The Bertz CT molecular complexity index is 368. The number of hydrogen-bond acceptors (Lipinski definition) is 3. The molecule has 1 aromatic rings. The summed E-state index contributed by atoms with van der Waals surface area (Å²) in [5, 5.41) is 11.6. The summed E-state index contributed by atoms with van der Waals surface area (Å²) in [6.45, 7) is 4.19. The summed E-state index contributed by atoms with van der Waals surface area (Å²) in [5.74, 6) is 0.781. The van der Waals surface area contributed by atoms with E-state index in [1.165, 1.54) is 5.56 Å². The Hall–Kier alpha value is -1.53. The fraction of sp³-hybridized carbons (Fsp3) is 0.417. The molecule has 0 fully saturated rings. The first-order valence-electron chi connectivity index (χ1n) is 4.96. The van der Waals surface area contributed by atoms with E-state index in [-0.39, 0.29) is 6.61 Å². The van der Waals surface area contributed by atoms with Gasteiger partial charge in [-0.3, -0.25) is 0 Å². The lowest BCUT2D eigenvalue weighted by Gasteiger charge is -2.13. The first-order valence-corrected chi connectivity index (χ1v) is 4.96. The van der Waals surface area contributed by atoms with Crippen LogP contribution in [0.15, 0.2) is 18.2 Å². The highest BCUT2D eigenvalue weighted by atomic mass is 16.5. The van der Waals surface area contributed by atoms with Gasteiger partial charge in [-0.25, -0.2) is 0 Å². The highest BCUT2D eigenvalue weighted by Crippen LogP contribution is 2.22. The van der Waals surface area contributed by atoms with Crippen molar-refractivity contribution in [3.8, 4) is 11.8 Å². The predicted octanol–water partition coefficient (Wildman–Crippen LogP) is 2.18. The maximum absolute atomic E-state index is 8.41. The minimum Gasteiger partial charge on any atom is -0.478 e. The molecule has 3 nitrogen and oxygen atoms in total. The van der Waals surface area contributed by atoms with Crippen molar-refractivity contribution in [1.29, 1.82) is 5.26 Å². The second-order valence-electron chi connectivity index (χ2n) is 3.48. The summed E-state index contributed by atoms with van der Waals surface area (Å²) in [5.41, 5.74) is 2.28. The topological polar surface area (TPSA) is 45.0 Å². The van der Waals surface area contributed by atoms with E-state index in [1.807, 2.05) is 32.2 Å². The highest BCUT2D eigenvalue weighted by molar-refractivity contribution is 5.37. The molecule has 3 heteroatoms. The second kappa shape index (κ2) is 5.38. The van der Waals surface area contributed by atoms with Gasteiger partial charge < -0.3 is 10.1 Å². The first kappa shape index (κ1) is 11.5. The molecule has 0 aliphatic heterocycles. The van der Waals surface area contributed by atoms with Crippen LogP contribution in [0, 0.1) is 18.3 Å². The molecule has 15 heavy (non-hydrogen) atoms. The van der Waals surface area contributed by atoms with E-state index >= 15 is 0 Å². The Morgan fingerprint density at radius 3 is 2.80 bits per heavy atom. The molecule has 0 heterocycles. The van der Waals surface area contributed by atoms with Gasteiger partial charge in [-0.2, -0.15) is 5.26 Å². The van der Waals surface area contributed by atoms with Crippen molar-refractivity contribution in [1.82, 2.24) is 5.32 Å². The van der Waals surface area contributed by atoms with Crippen LogP contribution in [0.2, 0.25) is 0 Å². The summed E-state index contributed by atoms with van der Waals surface area (Å²) in [7, 11) is 1.93. The van der Waals surface area contributed by atoms with Gasteiger partial charge in [0, 0.05) is 6.04 Å². The molecule has 0 bridgehead atoms. The third-order valence-electron chi connectivity index (χ3n) is 2.42. The molecule has 1 aromatic carbocycles. The molecule has 0 aliphatic rings. The largest absolute Gasteiger partial charge is 0.478 e. The standard InChI is InChI=1S/C12H16N2O/c1-9-8-11(10(2)14-3)4-5-12(9)15-7-6-13/h4-5,8,10,14H,7H2,1-3H3. The van der Waals surface area contributed by atoms with Crippen LogP contribution < -0.4 is 10.1 Å². The van der Waals surface area contributed by atoms with Crippen molar-refractivity contribution in [3.63, 3.8) is 0 Å². The average Bonchev–Trinajstić information content (AvgIpc) is 2.26. The van der Waals surface area contributed by atoms with Gasteiger partial charge in [0.05, 0.1) is 0 Å². The molecule has 1 atom stereocenters. The van der Waals surface area contributed by atoms with E-state index in [0.717, 1.165) is 11.3 Å². The lowest BCUT2D eigenvalue weighted by atomic mass is 10.1. The maximum Gasteiger partial charge on any atom is 0.174 e. The Morgan fingerprint density at radius 2 is 2.27 bits per heavy atom. The molecular formula is C12H16N2O. The number of hydrogen-bond donors (Lipinski definition) is 1. The molecule has 1 N–H and O–H groups in total. The van der Waals surface area contributed by atoms with Crippen molar-refractivity contribution >= 4 is 0 Å². The summed E-state index contributed by atoms with van der Waals surface area (Å²) >= 11 is 0. The molecule has 0 spiro atoms. The number of nitrogens with one attached hydrogen (secondary N) is 1. The number of benzene rings is 1. The predicted molar refractivity (Wildman–Crippen MR) is 59.8 cm³/mol. The van der Waals surface area contributed by atoms with Gasteiger partial charge in [-0.15, -0.1) is 0 Å². The van der Waals surface area contributed by atoms with Gasteiger partial charge in [0.25, 0.3) is 0 Å². The van der Waals surface area contributed by atoms with Crippen LogP contribution >= 0.6 is 0 Å². The number of aryl methyl sites for hydroxylation is 1. The second-order valence-corrected chi connectivity index (χ2v) is 3.48. The Balaban J connectivity index is 2.84. The number of nitriles is 1. The number of nitrogens with zero attached hydrogens (tertiary/aromatic N) is 1. The molecule has 80 valence electrons. The molecule has 0 amide bonds. The molecule has 0 aromatic heterocycles. The normalized spacial score (nSPS) is 11.9. The van der Waals surface area contributed by atoms with E-state index in [0.29, 0.717) is 6.04 Å². The molecule has 0 aliphatic carbocycles. The molecular weight excluding hydrogens is 188 g/mol. The first-order chi connectivity index (χ1) is 7.19. The summed E-state index contributed by atoms with van der Waals surface area (Å²) in [6, 6.07) is 8.29. The maximum atomic E-state index is 8.41. The van der Waals surface area contributed by atoms with Crippen molar-refractivity contribution < 1.29 is 4.74 Å². The van der Waals surface area contributed by atoms with Gasteiger partial charge in [0.15, 0.2) is 6.61 Å². The lowest BCUT2D eigenvalue weighted by molar-refractivity contribution is 0.365. The zero-order valence-electron chi connectivity index (χ0n) is 9.37. The van der Waals surface area contributed by atoms with Crippen molar-refractivity contribution in [2.75, 3.05) is 13.7 Å². The zero-order chi connectivity index (χ0) is 11.3. The van der Waals surface area contributed by atoms with Gasteiger partial charge >= 0.3 is 0 Å². The average molecular weight is 204 g/mol. The van der Waals surface area contributed by atoms with Crippen LogP contribution in [-0.2, 0) is 0 Å². The fourth-order valence-corrected chi connectivity index (χ4v) is 1.38. The van der Waals surface area contributed by atoms with Crippen molar-refractivity contribution in [2.24, 2.45) is 0 Å². The quantitative estimate of drug-likeness (QED) is 0.817. The van der Waals surface area contributed by atoms with Crippen molar-refractivity contribution in [2.45, 2.75) is 19.9 Å². The van der Waals surface area contributed by atoms with Crippen LogP contribution in [0.3, 0.4) is 0 Å². The van der Waals surface area contributed by atoms with E-state index in [1.54, 1.807) is 0 Å². The smallest absolute Gasteiger partial charge is 0.174 e. The third-order valence-corrected chi connectivity index (χ3v) is 2.42. The number of ether oxygens (including phenoxy) is 1. The van der Waals surface area contributed by atoms with E-state index < -0.39 is 0 Å². The molecule has 1 rings (SSSR count). The van der Waals surface area contributed by atoms with Gasteiger partial charge in [-0.05, 0) is 38.1 Å². The van der Waals surface area contributed by atoms with Crippen LogP contribution in [-0.4, -0.2) is 13.7 Å². The Morgan fingerprint density at radius 1 is 1.53 bits per heavy atom. The molecule has 0 saturated carbocycles. The zero-order valence-corrected chi connectivity index (χ0v) is 9.37. The minimum atomic E-state index is 0.0990. The molecule has 1 unspecified atom stereocenters. The minimum absolute atomic E-state index is 0.0990. The van der Waals surface area contributed by atoms with Gasteiger partial charge in [0.2, 0.25) is 0 Å². The SMILES string of the molecule is CNC(C)c1ccc(OCC#N)c(C)c1.